The third kappa shape index (κ3) is 3.09. The highest BCUT2D eigenvalue weighted by molar-refractivity contribution is 5.87. The van der Waals surface area contributed by atoms with E-state index in [0.717, 1.165) is 17.9 Å². The van der Waals surface area contributed by atoms with Crippen LogP contribution in [0.2, 0.25) is 0 Å². The summed E-state index contributed by atoms with van der Waals surface area (Å²) in [6.45, 7) is 9.92. The number of hydrogen-bond acceptors (Lipinski definition) is 5. The van der Waals surface area contributed by atoms with Crippen LogP contribution in [-0.2, 0) is 4.79 Å². The maximum atomic E-state index is 11.3. The number of carbonyl (C=O) groups excluding carboxylic acids is 1. The molecule has 0 saturated carbocycles. The number of aromatic nitrogens is 2. The Morgan fingerprint density at radius 1 is 1.28 bits per heavy atom. The lowest BCUT2D eigenvalue weighted by Crippen LogP contribution is -2.45. The van der Waals surface area contributed by atoms with Crippen molar-refractivity contribution in [2.24, 2.45) is 5.73 Å². The van der Waals surface area contributed by atoms with Gasteiger partial charge in [0.2, 0.25) is 5.91 Å². The SMILES string of the molecule is CCNc1nc(C)nc(NC(C)(C)C(N)=O)c1C. The Hall–Kier alpha value is -1.85. The Kier molecular flexibility index (Phi) is 4.11. The van der Waals surface area contributed by atoms with E-state index in [-0.39, 0.29) is 0 Å². The van der Waals surface area contributed by atoms with Gasteiger partial charge in [-0.25, -0.2) is 9.97 Å². The molecule has 0 atom stereocenters. The van der Waals surface area contributed by atoms with Gasteiger partial charge in [0.15, 0.2) is 0 Å². The molecular weight excluding hydrogens is 230 g/mol. The van der Waals surface area contributed by atoms with Crippen LogP contribution in [0.5, 0.6) is 0 Å². The minimum atomic E-state index is -0.852. The molecule has 0 fully saturated rings. The monoisotopic (exact) mass is 251 g/mol. The molecule has 18 heavy (non-hydrogen) atoms. The van der Waals surface area contributed by atoms with E-state index in [9.17, 15) is 4.79 Å². The van der Waals surface area contributed by atoms with Gasteiger partial charge in [-0.15, -0.1) is 0 Å². The van der Waals surface area contributed by atoms with Gasteiger partial charge in [0.05, 0.1) is 0 Å². The van der Waals surface area contributed by atoms with Crippen molar-refractivity contribution in [1.29, 1.82) is 0 Å². The molecule has 0 saturated heterocycles. The summed E-state index contributed by atoms with van der Waals surface area (Å²) in [5.74, 6) is 1.61. The fourth-order valence-corrected chi connectivity index (χ4v) is 1.45. The molecule has 0 bridgehead atoms. The topological polar surface area (TPSA) is 92.9 Å². The van der Waals surface area contributed by atoms with Crippen LogP contribution in [0.1, 0.15) is 32.2 Å². The molecule has 0 aliphatic rings. The number of carbonyl (C=O) groups is 1. The molecule has 0 aliphatic carbocycles. The predicted molar refractivity (Wildman–Crippen MR) is 72.6 cm³/mol. The van der Waals surface area contributed by atoms with E-state index in [1.54, 1.807) is 13.8 Å². The van der Waals surface area contributed by atoms with Gasteiger partial charge in [-0.05, 0) is 34.6 Å². The number of rotatable bonds is 5. The van der Waals surface area contributed by atoms with E-state index < -0.39 is 11.4 Å². The number of anilines is 2. The van der Waals surface area contributed by atoms with Gasteiger partial charge in [0.1, 0.15) is 23.0 Å². The lowest BCUT2D eigenvalue weighted by atomic mass is 10.0. The summed E-state index contributed by atoms with van der Waals surface area (Å²) in [4.78, 5) is 20.0. The first-order chi connectivity index (χ1) is 8.27. The lowest BCUT2D eigenvalue weighted by Gasteiger charge is -2.24. The number of hydrogen-bond donors (Lipinski definition) is 3. The van der Waals surface area contributed by atoms with Crippen LogP contribution in [0, 0.1) is 13.8 Å². The predicted octanol–water partition coefficient (Wildman–Crippen LogP) is 1.20. The Morgan fingerprint density at radius 3 is 2.33 bits per heavy atom. The Balaban J connectivity index is 3.13. The van der Waals surface area contributed by atoms with Crippen molar-refractivity contribution in [3.63, 3.8) is 0 Å². The molecule has 1 aromatic heterocycles. The molecule has 1 rings (SSSR count). The molecule has 1 heterocycles. The second kappa shape index (κ2) is 5.20. The molecular formula is C12H21N5O. The van der Waals surface area contributed by atoms with Crippen molar-refractivity contribution >= 4 is 17.5 Å². The van der Waals surface area contributed by atoms with Crippen molar-refractivity contribution in [3.8, 4) is 0 Å². The lowest BCUT2D eigenvalue weighted by molar-refractivity contribution is -0.121. The van der Waals surface area contributed by atoms with Crippen molar-refractivity contribution in [1.82, 2.24) is 9.97 Å². The highest BCUT2D eigenvalue weighted by Crippen LogP contribution is 2.22. The number of primary amides is 1. The van der Waals surface area contributed by atoms with Crippen molar-refractivity contribution in [2.45, 2.75) is 40.2 Å². The summed E-state index contributed by atoms with van der Waals surface area (Å²) in [5, 5.41) is 6.22. The molecule has 6 nitrogen and oxygen atoms in total. The smallest absolute Gasteiger partial charge is 0.242 e. The molecule has 4 N–H and O–H groups in total. The number of aryl methyl sites for hydroxylation is 1. The zero-order chi connectivity index (χ0) is 13.9. The van der Waals surface area contributed by atoms with Crippen LogP contribution >= 0.6 is 0 Å². The van der Waals surface area contributed by atoms with E-state index in [1.165, 1.54) is 0 Å². The Labute approximate surface area is 107 Å². The van der Waals surface area contributed by atoms with E-state index in [0.29, 0.717) is 11.6 Å². The van der Waals surface area contributed by atoms with Crippen LogP contribution in [-0.4, -0.2) is 28.0 Å². The van der Waals surface area contributed by atoms with Gasteiger partial charge in [-0.1, -0.05) is 0 Å². The first kappa shape index (κ1) is 14.2. The zero-order valence-electron chi connectivity index (χ0n) is 11.6. The highest BCUT2D eigenvalue weighted by atomic mass is 16.1. The van der Waals surface area contributed by atoms with Gasteiger partial charge in [0, 0.05) is 12.1 Å². The zero-order valence-corrected chi connectivity index (χ0v) is 11.6. The molecule has 6 heteroatoms. The van der Waals surface area contributed by atoms with Crippen LogP contribution < -0.4 is 16.4 Å². The summed E-state index contributed by atoms with van der Waals surface area (Å²) >= 11 is 0. The molecule has 0 aliphatic heterocycles. The van der Waals surface area contributed by atoms with Gasteiger partial charge in [0.25, 0.3) is 0 Å². The van der Waals surface area contributed by atoms with Crippen LogP contribution in [0.15, 0.2) is 0 Å². The molecule has 0 radical (unpaired) electrons. The molecule has 0 spiro atoms. The average Bonchev–Trinajstić information content (AvgIpc) is 2.24. The molecule has 100 valence electrons. The molecule has 0 aromatic carbocycles. The summed E-state index contributed by atoms with van der Waals surface area (Å²) in [5.41, 5.74) is 5.36. The summed E-state index contributed by atoms with van der Waals surface area (Å²) in [6.07, 6.45) is 0. The largest absolute Gasteiger partial charge is 0.370 e. The second-order valence-corrected chi connectivity index (χ2v) is 4.74. The van der Waals surface area contributed by atoms with Crippen LogP contribution in [0.25, 0.3) is 0 Å². The van der Waals surface area contributed by atoms with Crippen LogP contribution in [0.3, 0.4) is 0 Å². The molecule has 1 aromatic rings. The number of amides is 1. The van der Waals surface area contributed by atoms with Crippen LogP contribution in [0.4, 0.5) is 11.6 Å². The quantitative estimate of drug-likeness (QED) is 0.731. The maximum Gasteiger partial charge on any atom is 0.242 e. The minimum Gasteiger partial charge on any atom is -0.370 e. The fraction of sp³-hybridized carbons (Fsp3) is 0.583. The number of nitrogens with two attached hydrogens (primary N) is 1. The summed E-state index contributed by atoms with van der Waals surface area (Å²) < 4.78 is 0. The Bertz CT molecular complexity index is 456. The minimum absolute atomic E-state index is 0.428. The first-order valence-electron chi connectivity index (χ1n) is 5.95. The van der Waals surface area contributed by atoms with E-state index >= 15 is 0 Å². The average molecular weight is 251 g/mol. The van der Waals surface area contributed by atoms with Gasteiger partial charge in [-0.3, -0.25) is 4.79 Å². The van der Waals surface area contributed by atoms with Gasteiger partial charge >= 0.3 is 0 Å². The van der Waals surface area contributed by atoms with E-state index in [2.05, 4.69) is 20.6 Å². The van der Waals surface area contributed by atoms with Gasteiger partial charge < -0.3 is 16.4 Å². The maximum absolute atomic E-state index is 11.3. The van der Waals surface area contributed by atoms with Crippen molar-refractivity contribution < 1.29 is 4.79 Å². The molecule has 1 amide bonds. The third-order valence-electron chi connectivity index (χ3n) is 2.65. The van der Waals surface area contributed by atoms with E-state index in [4.69, 9.17) is 5.73 Å². The summed E-state index contributed by atoms with van der Waals surface area (Å²) in [6, 6.07) is 0. The normalized spacial score (nSPS) is 11.2. The van der Waals surface area contributed by atoms with Gasteiger partial charge in [-0.2, -0.15) is 0 Å². The fourth-order valence-electron chi connectivity index (χ4n) is 1.45. The second-order valence-electron chi connectivity index (χ2n) is 4.74. The first-order valence-corrected chi connectivity index (χ1v) is 5.95. The molecule has 0 unspecified atom stereocenters. The third-order valence-corrected chi connectivity index (χ3v) is 2.65. The van der Waals surface area contributed by atoms with Crippen molar-refractivity contribution in [2.75, 3.05) is 17.2 Å². The van der Waals surface area contributed by atoms with E-state index in [1.807, 2.05) is 20.8 Å². The summed E-state index contributed by atoms with van der Waals surface area (Å²) in [7, 11) is 0. The number of nitrogens with zero attached hydrogens (tertiary/aromatic N) is 2. The number of nitrogens with one attached hydrogen (secondary N) is 2. The Morgan fingerprint density at radius 2 is 1.83 bits per heavy atom. The standard InChI is InChI=1S/C12H21N5O/c1-6-14-9-7(2)10(16-8(3)15-9)17-12(4,5)11(13)18/h6H2,1-5H3,(H2,13,18)(H2,14,15,16,17). The highest BCUT2D eigenvalue weighted by Gasteiger charge is 2.26. The van der Waals surface area contributed by atoms with Crippen molar-refractivity contribution in [3.05, 3.63) is 11.4 Å².